The van der Waals surface area contributed by atoms with Crippen molar-refractivity contribution in [1.82, 2.24) is 0 Å². The lowest BCUT2D eigenvalue weighted by atomic mass is 10.1. The molecule has 2 rings (SSSR count). The average Bonchev–Trinajstić information content (AvgIpc) is 2.33. The summed E-state index contributed by atoms with van der Waals surface area (Å²) in [5.74, 6) is 1.53. The average molecular weight is 356 g/mol. The third-order valence-corrected chi connectivity index (χ3v) is 3.97. The molecule has 0 bridgehead atoms. The van der Waals surface area contributed by atoms with Crippen molar-refractivity contribution in [1.29, 1.82) is 0 Å². The first-order valence-corrected chi connectivity index (χ1v) is 7.47. The Bertz CT molecular complexity index is 615. The van der Waals surface area contributed by atoms with Crippen LogP contribution in [0.1, 0.15) is 29.7 Å². The largest absolute Gasteiger partial charge is 0.457 e. The second kappa shape index (κ2) is 6.17. The van der Waals surface area contributed by atoms with Gasteiger partial charge in [-0.3, -0.25) is 0 Å². The van der Waals surface area contributed by atoms with Crippen molar-refractivity contribution in [3.05, 3.63) is 56.5 Å². The van der Waals surface area contributed by atoms with Gasteiger partial charge in [0, 0.05) is 9.50 Å². The predicted octanol–water partition coefficient (Wildman–Crippen LogP) is 5.56. The highest BCUT2D eigenvalue weighted by Crippen LogP contribution is 2.34. The third kappa shape index (κ3) is 3.35. The molecule has 0 radical (unpaired) electrons. The van der Waals surface area contributed by atoms with Gasteiger partial charge in [-0.25, -0.2) is 0 Å². The Morgan fingerprint density at radius 3 is 2.25 bits per heavy atom. The summed E-state index contributed by atoms with van der Waals surface area (Å²) < 4.78 is 6.77. The molecule has 2 aromatic carbocycles. The lowest BCUT2D eigenvalue weighted by molar-refractivity contribution is 0.198. The molecular formula is C16H16BrClO2. The van der Waals surface area contributed by atoms with Crippen molar-refractivity contribution in [2.75, 3.05) is 0 Å². The number of ether oxygens (including phenoxy) is 1. The molecule has 1 N–H and O–H groups in total. The Labute approximate surface area is 132 Å². The molecule has 0 unspecified atom stereocenters. The first-order chi connectivity index (χ1) is 9.38. The maximum Gasteiger partial charge on any atom is 0.133 e. The van der Waals surface area contributed by atoms with E-state index in [1.165, 1.54) is 0 Å². The van der Waals surface area contributed by atoms with E-state index in [1.54, 1.807) is 6.92 Å². The third-order valence-electron chi connectivity index (χ3n) is 3.07. The summed E-state index contributed by atoms with van der Waals surface area (Å²) in [7, 11) is 0. The van der Waals surface area contributed by atoms with Crippen LogP contribution in [-0.2, 0) is 0 Å². The zero-order valence-electron chi connectivity index (χ0n) is 11.6. The fraction of sp³-hybridized carbons (Fsp3) is 0.250. The smallest absolute Gasteiger partial charge is 0.133 e. The number of aliphatic hydroxyl groups excluding tert-OH is 1. The van der Waals surface area contributed by atoms with Crippen molar-refractivity contribution in [3.8, 4) is 11.5 Å². The first kappa shape index (κ1) is 15.4. The Morgan fingerprint density at radius 2 is 1.75 bits per heavy atom. The summed E-state index contributed by atoms with van der Waals surface area (Å²) in [4.78, 5) is 0. The molecule has 2 nitrogen and oxygen atoms in total. The summed E-state index contributed by atoms with van der Waals surface area (Å²) in [6.07, 6.45) is -0.516. The Kier molecular flexibility index (Phi) is 4.74. The van der Waals surface area contributed by atoms with Crippen LogP contribution in [0.4, 0.5) is 0 Å². The second-order valence-corrected chi connectivity index (χ2v) is 6.12. The molecule has 0 aromatic heterocycles. The lowest BCUT2D eigenvalue weighted by Gasteiger charge is -2.14. The standard InChI is InChI=1S/C16H16BrClO2/c1-9-6-12(18)7-10(2)16(9)20-13-4-5-14(11(3)19)15(17)8-13/h4-8,11,19H,1-3H3/t11-/m0/s1. The van der Waals surface area contributed by atoms with Crippen LogP contribution in [0.25, 0.3) is 0 Å². The Morgan fingerprint density at radius 1 is 1.15 bits per heavy atom. The van der Waals surface area contributed by atoms with Gasteiger partial charge in [0.05, 0.1) is 6.10 Å². The maximum atomic E-state index is 9.62. The fourth-order valence-corrected chi connectivity index (χ4v) is 3.10. The molecule has 106 valence electrons. The summed E-state index contributed by atoms with van der Waals surface area (Å²) in [6.45, 7) is 5.66. The summed E-state index contributed by atoms with van der Waals surface area (Å²) in [5.41, 5.74) is 2.82. The van der Waals surface area contributed by atoms with E-state index >= 15 is 0 Å². The molecule has 0 heterocycles. The van der Waals surface area contributed by atoms with Crippen LogP contribution in [-0.4, -0.2) is 5.11 Å². The van der Waals surface area contributed by atoms with Gasteiger partial charge < -0.3 is 9.84 Å². The lowest BCUT2D eigenvalue weighted by Crippen LogP contribution is -1.95. The highest BCUT2D eigenvalue weighted by atomic mass is 79.9. The highest BCUT2D eigenvalue weighted by molar-refractivity contribution is 9.10. The van der Waals surface area contributed by atoms with Crippen molar-refractivity contribution in [2.45, 2.75) is 26.9 Å². The molecule has 20 heavy (non-hydrogen) atoms. The topological polar surface area (TPSA) is 29.5 Å². The SMILES string of the molecule is Cc1cc(Cl)cc(C)c1Oc1ccc([C@H](C)O)c(Br)c1. The van der Waals surface area contributed by atoms with E-state index in [1.807, 2.05) is 44.2 Å². The zero-order chi connectivity index (χ0) is 14.9. The van der Waals surface area contributed by atoms with E-state index in [4.69, 9.17) is 16.3 Å². The minimum absolute atomic E-state index is 0.516. The van der Waals surface area contributed by atoms with Crippen molar-refractivity contribution in [2.24, 2.45) is 0 Å². The first-order valence-electron chi connectivity index (χ1n) is 6.30. The van der Waals surface area contributed by atoms with Gasteiger partial charge in [0.2, 0.25) is 0 Å². The van der Waals surface area contributed by atoms with Crippen molar-refractivity contribution < 1.29 is 9.84 Å². The van der Waals surface area contributed by atoms with Gasteiger partial charge in [0.1, 0.15) is 11.5 Å². The fourth-order valence-electron chi connectivity index (χ4n) is 2.09. The van der Waals surface area contributed by atoms with Crippen LogP contribution >= 0.6 is 27.5 Å². The van der Waals surface area contributed by atoms with Crippen LogP contribution in [0.15, 0.2) is 34.8 Å². The van der Waals surface area contributed by atoms with Crippen LogP contribution in [0, 0.1) is 13.8 Å². The number of aryl methyl sites for hydroxylation is 2. The van der Waals surface area contributed by atoms with Gasteiger partial charge in [-0.1, -0.05) is 33.6 Å². The van der Waals surface area contributed by atoms with Crippen LogP contribution < -0.4 is 4.74 Å². The van der Waals surface area contributed by atoms with E-state index in [0.29, 0.717) is 5.02 Å². The van der Waals surface area contributed by atoms with E-state index < -0.39 is 6.10 Å². The van der Waals surface area contributed by atoms with Crippen molar-refractivity contribution >= 4 is 27.5 Å². The van der Waals surface area contributed by atoms with Crippen LogP contribution in [0.2, 0.25) is 5.02 Å². The van der Waals surface area contributed by atoms with E-state index in [0.717, 1.165) is 32.7 Å². The van der Waals surface area contributed by atoms with E-state index in [2.05, 4.69) is 15.9 Å². The Balaban J connectivity index is 2.34. The number of hydrogen-bond acceptors (Lipinski definition) is 2. The molecule has 4 heteroatoms. The van der Waals surface area contributed by atoms with Gasteiger partial charge in [0.25, 0.3) is 0 Å². The second-order valence-electron chi connectivity index (χ2n) is 4.83. The Hall–Kier alpha value is -1.03. The van der Waals surface area contributed by atoms with Gasteiger partial charge in [-0.2, -0.15) is 0 Å². The quantitative estimate of drug-likeness (QED) is 0.780. The predicted molar refractivity (Wildman–Crippen MR) is 85.8 cm³/mol. The minimum Gasteiger partial charge on any atom is -0.457 e. The molecule has 0 saturated carbocycles. The summed E-state index contributed by atoms with van der Waals surface area (Å²) >= 11 is 9.46. The maximum absolute atomic E-state index is 9.62. The summed E-state index contributed by atoms with van der Waals surface area (Å²) in [6, 6.07) is 9.31. The molecule has 0 fully saturated rings. The van der Waals surface area contributed by atoms with Crippen LogP contribution in [0.5, 0.6) is 11.5 Å². The van der Waals surface area contributed by atoms with Gasteiger partial charge >= 0.3 is 0 Å². The molecule has 0 saturated heterocycles. The molecule has 2 aromatic rings. The number of halogens is 2. The number of benzene rings is 2. The number of aliphatic hydroxyl groups is 1. The highest BCUT2D eigenvalue weighted by Gasteiger charge is 2.10. The summed E-state index contributed by atoms with van der Waals surface area (Å²) in [5, 5.41) is 10.3. The molecule has 1 atom stereocenters. The van der Waals surface area contributed by atoms with Gasteiger partial charge in [0.15, 0.2) is 0 Å². The molecular weight excluding hydrogens is 340 g/mol. The van der Waals surface area contributed by atoms with Crippen LogP contribution in [0.3, 0.4) is 0 Å². The monoisotopic (exact) mass is 354 g/mol. The number of rotatable bonds is 3. The van der Waals surface area contributed by atoms with E-state index in [-0.39, 0.29) is 0 Å². The van der Waals surface area contributed by atoms with E-state index in [9.17, 15) is 5.11 Å². The minimum atomic E-state index is -0.516. The molecule has 0 aliphatic rings. The van der Waals surface area contributed by atoms with Gasteiger partial charge in [-0.05, 0) is 61.7 Å². The molecule has 0 spiro atoms. The van der Waals surface area contributed by atoms with Crippen molar-refractivity contribution in [3.63, 3.8) is 0 Å². The number of hydrogen-bond donors (Lipinski definition) is 1. The molecule has 0 aliphatic carbocycles. The molecule has 0 aliphatic heterocycles. The van der Waals surface area contributed by atoms with Gasteiger partial charge in [-0.15, -0.1) is 0 Å². The molecule has 0 amide bonds. The zero-order valence-corrected chi connectivity index (χ0v) is 13.9. The normalized spacial score (nSPS) is 12.3.